The van der Waals surface area contributed by atoms with E-state index in [2.05, 4.69) is 52.4 Å². The van der Waals surface area contributed by atoms with Crippen LogP contribution in [0.25, 0.3) is 0 Å². The Labute approximate surface area is 98.6 Å². The van der Waals surface area contributed by atoms with Gasteiger partial charge in [0.2, 0.25) is 8.32 Å². The van der Waals surface area contributed by atoms with Crippen molar-refractivity contribution in [3.05, 3.63) is 0 Å². The van der Waals surface area contributed by atoms with Gasteiger partial charge in [-0.3, -0.25) is 0 Å². The molecule has 0 bridgehead atoms. The van der Waals surface area contributed by atoms with E-state index in [9.17, 15) is 0 Å². The topological polar surface area (TPSA) is 18.5 Å². The summed E-state index contributed by atoms with van der Waals surface area (Å²) in [4.78, 5) is 0. The maximum atomic E-state index is 6.09. The first kappa shape index (κ1) is 15.6. The van der Waals surface area contributed by atoms with Gasteiger partial charge in [-0.05, 0) is 32.7 Å². The molecule has 0 aromatic heterocycles. The van der Waals surface area contributed by atoms with Crippen molar-refractivity contribution in [1.82, 2.24) is 0 Å². The van der Waals surface area contributed by atoms with Crippen molar-refractivity contribution < 1.29 is 8.85 Å². The highest BCUT2D eigenvalue weighted by Crippen LogP contribution is 2.13. The molecule has 0 atom stereocenters. The molecule has 0 spiro atoms. The largest absolute Gasteiger partial charge is 0.418 e. The van der Waals surface area contributed by atoms with Crippen LogP contribution in [0, 0.1) is 0 Å². The van der Waals surface area contributed by atoms with Crippen molar-refractivity contribution in [3.8, 4) is 0 Å². The van der Waals surface area contributed by atoms with Crippen LogP contribution in [0.5, 0.6) is 0 Å². The molecular weight excluding hydrogens is 236 g/mol. The molecule has 0 heterocycles. The molecule has 2 nitrogen and oxygen atoms in total. The molecule has 92 valence electrons. The van der Waals surface area contributed by atoms with Crippen molar-refractivity contribution in [2.45, 2.75) is 52.4 Å². The minimum Gasteiger partial charge on any atom is -0.418 e. The zero-order valence-electron chi connectivity index (χ0n) is 11.7. The van der Waals surface area contributed by atoms with Gasteiger partial charge in [0.15, 0.2) is 8.32 Å². The summed E-state index contributed by atoms with van der Waals surface area (Å²) in [6.07, 6.45) is 1.83. The molecule has 0 aliphatic heterocycles. The summed E-state index contributed by atoms with van der Waals surface area (Å²) in [7, 11) is -4.03. The lowest BCUT2D eigenvalue weighted by molar-refractivity contribution is 0.301. The molecule has 0 aliphatic carbocycles. The minimum absolute atomic E-state index is 0.854. The molecule has 0 fully saturated rings. The first-order chi connectivity index (χ1) is 6.41. The second kappa shape index (κ2) is 5.27. The average molecular weight is 265 g/mol. The molecule has 0 saturated carbocycles. The van der Waals surface area contributed by atoms with Crippen LogP contribution in [-0.4, -0.2) is 37.2 Å². The normalized spacial score (nSPS) is 14.4. The quantitative estimate of drug-likeness (QED) is 0.684. The van der Waals surface area contributed by atoms with Gasteiger partial charge < -0.3 is 8.85 Å². The Morgan fingerprint density at radius 2 is 1.13 bits per heavy atom. The maximum Gasteiger partial charge on any atom is 0.210 e. The lowest BCUT2D eigenvalue weighted by Crippen LogP contribution is -2.45. The van der Waals surface area contributed by atoms with E-state index in [1.165, 1.54) is 0 Å². The fraction of sp³-hybridized carbons (Fsp3) is 1.00. The molecule has 0 rings (SSSR count). The Bertz CT molecular complexity index is 172. The van der Waals surface area contributed by atoms with Gasteiger partial charge >= 0.3 is 0 Å². The summed E-state index contributed by atoms with van der Waals surface area (Å²) in [5.74, 6) is 0. The van der Waals surface area contributed by atoms with Gasteiger partial charge in [-0.1, -0.05) is 19.6 Å². The van der Waals surface area contributed by atoms with E-state index < -0.39 is 24.7 Å². The Kier molecular flexibility index (Phi) is 5.47. The number of hydrogen-bond donors (Lipinski definition) is 0. The summed E-state index contributed by atoms with van der Waals surface area (Å²) in [6.45, 7) is 18.2. The third-order valence-corrected chi connectivity index (χ3v) is 6.11. The van der Waals surface area contributed by atoms with E-state index >= 15 is 0 Å². The van der Waals surface area contributed by atoms with Crippen molar-refractivity contribution in [2.75, 3.05) is 12.5 Å². The molecule has 0 unspecified atom stereocenters. The molecular formula is C10H28O2Si3. The van der Waals surface area contributed by atoms with Crippen molar-refractivity contribution >= 4 is 24.7 Å². The highest BCUT2D eigenvalue weighted by molar-refractivity contribution is 6.78. The van der Waals surface area contributed by atoms with Crippen LogP contribution < -0.4 is 0 Å². The zero-order valence-corrected chi connectivity index (χ0v) is 14.7. The molecule has 0 radical (unpaired) electrons. The first-order valence-corrected chi connectivity index (χ1v) is 15.9. The Hall–Kier alpha value is 0.571. The SMILES string of the molecule is C[Si](C)(C)CO[Si](C)(C)CO[Si](C)(C)C. The van der Waals surface area contributed by atoms with Gasteiger partial charge in [-0.15, -0.1) is 0 Å². The van der Waals surface area contributed by atoms with Crippen LogP contribution in [0.4, 0.5) is 0 Å². The molecule has 0 N–H and O–H groups in total. The van der Waals surface area contributed by atoms with E-state index in [0.29, 0.717) is 0 Å². The lowest BCUT2D eigenvalue weighted by atomic mass is 11.6. The van der Waals surface area contributed by atoms with Crippen LogP contribution in [0.1, 0.15) is 0 Å². The molecule has 0 saturated heterocycles. The van der Waals surface area contributed by atoms with Gasteiger partial charge in [0.25, 0.3) is 0 Å². The van der Waals surface area contributed by atoms with Crippen molar-refractivity contribution in [3.63, 3.8) is 0 Å². The molecule has 5 heteroatoms. The Morgan fingerprint density at radius 1 is 0.667 bits per heavy atom. The Morgan fingerprint density at radius 3 is 1.47 bits per heavy atom. The first-order valence-electron chi connectivity index (χ1n) is 5.69. The summed E-state index contributed by atoms with van der Waals surface area (Å²) >= 11 is 0. The second-order valence-corrected chi connectivity index (χ2v) is 21.0. The van der Waals surface area contributed by atoms with Crippen LogP contribution in [0.2, 0.25) is 52.4 Å². The molecule has 0 aliphatic rings. The average Bonchev–Trinajstić information content (AvgIpc) is 1.96. The predicted octanol–water partition coefficient (Wildman–Crippen LogP) is 3.48. The van der Waals surface area contributed by atoms with Gasteiger partial charge in [0, 0.05) is 6.23 Å². The summed E-state index contributed by atoms with van der Waals surface area (Å²) in [5, 5.41) is 0. The highest BCUT2D eigenvalue weighted by atomic mass is 28.4. The monoisotopic (exact) mass is 264 g/mol. The summed E-state index contributed by atoms with van der Waals surface area (Å²) < 4.78 is 12.0. The fourth-order valence-electron chi connectivity index (χ4n) is 0.844. The van der Waals surface area contributed by atoms with E-state index in [1.54, 1.807) is 0 Å². The van der Waals surface area contributed by atoms with Gasteiger partial charge in [-0.2, -0.15) is 0 Å². The summed E-state index contributed by atoms with van der Waals surface area (Å²) in [6, 6.07) is 0. The van der Waals surface area contributed by atoms with Crippen LogP contribution in [-0.2, 0) is 8.85 Å². The van der Waals surface area contributed by atoms with Gasteiger partial charge in [-0.25, -0.2) is 0 Å². The smallest absolute Gasteiger partial charge is 0.210 e. The van der Waals surface area contributed by atoms with Crippen LogP contribution in [0.15, 0.2) is 0 Å². The van der Waals surface area contributed by atoms with E-state index in [4.69, 9.17) is 8.85 Å². The summed E-state index contributed by atoms with van der Waals surface area (Å²) in [5.41, 5.74) is 0. The van der Waals surface area contributed by atoms with E-state index in [1.807, 2.05) is 0 Å². The minimum atomic E-state index is -1.58. The predicted molar refractivity (Wildman–Crippen MR) is 76.1 cm³/mol. The van der Waals surface area contributed by atoms with E-state index in [-0.39, 0.29) is 0 Å². The third kappa shape index (κ3) is 10.8. The molecule has 15 heavy (non-hydrogen) atoms. The number of hydrogen-bond acceptors (Lipinski definition) is 2. The van der Waals surface area contributed by atoms with Crippen LogP contribution in [0.3, 0.4) is 0 Å². The second-order valence-electron chi connectivity index (χ2n) is 7.01. The third-order valence-electron chi connectivity index (χ3n) is 1.75. The molecule has 0 amide bonds. The standard InChI is InChI=1S/C10H28O2Si3/c1-13(2,3)9-12-15(7,8)10-11-14(4,5)6/h9-10H2,1-8H3. The van der Waals surface area contributed by atoms with Crippen LogP contribution >= 0.6 is 0 Å². The van der Waals surface area contributed by atoms with Gasteiger partial charge in [0.1, 0.15) is 0 Å². The van der Waals surface area contributed by atoms with Crippen molar-refractivity contribution in [2.24, 2.45) is 0 Å². The number of rotatable bonds is 6. The molecule has 0 aromatic rings. The van der Waals surface area contributed by atoms with Gasteiger partial charge in [0.05, 0.1) is 14.3 Å². The fourth-order valence-corrected chi connectivity index (χ4v) is 7.34. The highest BCUT2D eigenvalue weighted by Gasteiger charge is 2.28. The Balaban J connectivity index is 3.98. The zero-order chi connectivity index (χ0) is 12.3. The van der Waals surface area contributed by atoms with E-state index in [0.717, 1.165) is 12.5 Å². The van der Waals surface area contributed by atoms with Crippen molar-refractivity contribution in [1.29, 1.82) is 0 Å². The lowest BCUT2D eigenvalue weighted by Gasteiger charge is -2.30. The maximum absolute atomic E-state index is 6.09. The molecule has 0 aromatic carbocycles.